The van der Waals surface area contributed by atoms with E-state index in [1.54, 1.807) is 0 Å². The van der Waals surface area contributed by atoms with Crippen molar-refractivity contribution in [2.75, 3.05) is 26.2 Å². The van der Waals surface area contributed by atoms with Gasteiger partial charge in [-0.2, -0.15) is 0 Å². The lowest BCUT2D eigenvalue weighted by atomic mass is 9.96. The molecule has 1 atom stereocenters. The molecule has 0 bridgehead atoms. The van der Waals surface area contributed by atoms with Crippen LogP contribution in [0.1, 0.15) is 32.1 Å². The van der Waals surface area contributed by atoms with Gasteiger partial charge in [-0.05, 0) is 56.8 Å². The SMILES string of the molecule is Cl.O=C(CCCOc1ccccc1)NCCC1CCCNC1. The summed E-state index contributed by atoms with van der Waals surface area (Å²) in [7, 11) is 0. The van der Waals surface area contributed by atoms with Crippen molar-refractivity contribution in [3.63, 3.8) is 0 Å². The Kier molecular flexibility index (Phi) is 9.67. The lowest BCUT2D eigenvalue weighted by Gasteiger charge is -2.22. The van der Waals surface area contributed by atoms with E-state index in [9.17, 15) is 4.79 Å². The zero-order valence-corrected chi connectivity index (χ0v) is 13.9. The van der Waals surface area contributed by atoms with Crippen LogP contribution in [0.15, 0.2) is 30.3 Å². The van der Waals surface area contributed by atoms with E-state index in [1.165, 1.54) is 12.8 Å². The molecule has 1 unspecified atom stereocenters. The summed E-state index contributed by atoms with van der Waals surface area (Å²) in [6, 6.07) is 9.71. The second kappa shape index (κ2) is 11.3. The molecule has 1 saturated heterocycles. The first kappa shape index (κ1) is 18.8. The van der Waals surface area contributed by atoms with Gasteiger partial charge in [-0.3, -0.25) is 4.79 Å². The Labute approximate surface area is 139 Å². The number of benzene rings is 1. The summed E-state index contributed by atoms with van der Waals surface area (Å²) in [6.45, 7) is 3.62. The predicted molar refractivity (Wildman–Crippen MR) is 91.6 cm³/mol. The highest BCUT2D eigenvalue weighted by Crippen LogP contribution is 2.13. The Morgan fingerprint density at radius 3 is 2.86 bits per heavy atom. The van der Waals surface area contributed by atoms with Gasteiger partial charge in [0.05, 0.1) is 6.61 Å². The van der Waals surface area contributed by atoms with E-state index in [-0.39, 0.29) is 18.3 Å². The van der Waals surface area contributed by atoms with Crippen LogP contribution in [0, 0.1) is 5.92 Å². The molecule has 0 radical (unpaired) electrons. The fraction of sp³-hybridized carbons (Fsp3) is 0.588. The van der Waals surface area contributed by atoms with Crippen molar-refractivity contribution in [1.82, 2.24) is 10.6 Å². The molecule has 1 fully saturated rings. The van der Waals surface area contributed by atoms with E-state index >= 15 is 0 Å². The molecule has 4 nitrogen and oxygen atoms in total. The number of carbonyl (C=O) groups is 1. The summed E-state index contributed by atoms with van der Waals surface area (Å²) in [4.78, 5) is 11.7. The van der Waals surface area contributed by atoms with Gasteiger partial charge in [0.2, 0.25) is 5.91 Å². The second-order valence-electron chi connectivity index (χ2n) is 5.62. The van der Waals surface area contributed by atoms with Crippen molar-refractivity contribution >= 4 is 18.3 Å². The molecule has 1 heterocycles. The van der Waals surface area contributed by atoms with Crippen LogP contribution in [0.3, 0.4) is 0 Å². The maximum atomic E-state index is 11.7. The Hall–Kier alpha value is -1.26. The van der Waals surface area contributed by atoms with Crippen LogP contribution in [0.25, 0.3) is 0 Å². The minimum Gasteiger partial charge on any atom is -0.494 e. The first-order valence-electron chi connectivity index (χ1n) is 8.00. The van der Waals surface area contributed by atoms with E-state index in [0.717, 1.165) is 44.1 Å². The first-order chi connectivity index (χ1) is 10.3. The van der Waals surface area contributed by atoms with E-state index in [0.29, 0.717) is 13.0 Å². The van der Waals surface area contributed by atoms with Crippen molar-refractivity contribution in [2.45, 2.75) is 32.1 Å². The zero-order chi connectivity index (χ0) is 14.8. The molecule has 0 aliphatic carbocycles. The third kappa shape index (κ3) is 7.66. The minimum absolute atomic E-state index is 0. The monoisotopic (exact) mass is 326 g/mol. The maximum Gasteiger partial charge on any atom is 0.220 e. The topological polar surface area (TPSA) is 50.4 Å². The summed E-state index contributed by atoms with van der Waals surface area (Å²) in [5.74, 6) is 1.72. The van der Waals surface area contributed by atoms with E-state index < -0.39 is 0 Å². The molecule has 1 aliphatic heterocycles. The van der Waals surface area contributed by atoms with Crippen molar-refractivity contribution < 1.29 is 9.53 Å². The molecule has 1 amide bonds. The van der Waals surface area contributed by atoms with Crippen LogP contribution < -0.4 is 15.4 Å². The molecule has 22 heavy (non-hydrogen) atoms. The van der Waals surface area contributed by atoms with Gasteiger partial charge in [-0.25, -0.2) is 0 Å². The molecular formula is C17H27ClN2O2. The zero-order valence-electron chi connectivity index (χ0n) is 13.1. The van der Waals surface area contributed by atoms with E-state index in [4.69, 9.17) is 4.74 Å². The summed E-state index contributed by atoms with van der Waals surface area (Å²) in [6.07, 6.45) is 4.92. The van der Waals surface area contributed by atoms with Gasteiger partial charge < -0.3 is 15.4 Å². The van der Waals surface area contributed by atoms with Gasteiger partial charge in [-0.15, -0.1) is 12.4 Å². The quantitative estimate of drug-likeness (QED) is 0.722. The standard InChI is InChI=1S/C17H26N2O2.ClH/c20-17(19-12-10-15-6-4-11-18-14-15)9-5-13-21-16-7-2-1-3-8-16;/h1-3,7-8,15,18H,4-6,9-14H2,(H,19,20);1H. The van der Waals surface area contributed by atoms with Gasteiger partial charge in [0.15, 0.2) is 0 Å². The molecule has 5 heteroatoms. The Morgan fingerprint density at radius 1 is 1.32 bits per heavy atom. The molecule has 2 N–H and O–H groups in total. The summed E-state index contributed by atoms with van der Waals surface area (Å²) >= 11 is 0. The number of carbonyl (C=O) groups excluding carboxylic acids is 1. The maximum absolute atomic E-state index is 11.7. The number of hydrogen-bond acceptors (Lipinski definition) is 3. The highest BCUT2D eigenvalue weighted by Gasteiger charge is 2.12. The molecule has 1 aliphatic rings. The first-order valence-corrected chi connectivity index (χ1v) is 8.00. The van der Waals surface area contributed by atoms with Gasteiger partial charge in [0.1, 0.15) is 5.75 Å². The van der Waals surface area contributed by atoms with Crippen molar-refractivity contribution in [3.05, 3.63) is 30.3 Å². The molecule has 124 valence electrons. The predicted octanol–water partition coefficient (Wildman–Crippen LogP) is 2.77. The van der Waals surface area contributed by atoms with Crippen LogP contribution in [0.5, 0.6) is 5.75 Å². The number of piperidine rings is 1. The van der Waals surface area contributed by atoms with Gasteiger partial charge in [0.25, 0.3) is 0 Å². The van der Waals surface area contributed by atoms with E-state index in [2.05, 4.69) is 10.6 Å². The molecule has 0 aromatic heterocycles. The normalized spacial score (nSPS) is 17.4. The van der Waals surface area contributed by atoms with Gasteiger partial charge in [0, 0.05) is 13.0 Å². The number of rotatable bonds is 8. The van der Waals surface area contributed by atoms with E-state index in [1.807, 2.05) is 30.3 Å². The number of halogens is 1. The van der Waals surface area contributed by atoms with Gasteiger partial charge >= 0.3 is 0 Å². The molecule has 1 aromatic carbocycles. The highest BCUT2D eigenvalue weighted by atomic mass is 35.5. The summed E-state index contributed by atoms with van der Waals surface area (Å²) < 4.78 is 5.57. The minimum atomic E-state index is 0. The van der Waals surface area contributed by atoms with Crippen molar-refractivity contribution in [3.8, 4) is 5.75 Å². The Morgan fingerprint density at radius 2 is 2.14 bits per heavy atom. The number of ether oxygens (including phenoxy) is 1. The second-order valence-corrected chi connectivity index (χ2v) is 5.62. The lowest BCUT2D eigenvalue weighted by Crippen LogP contribution is -2.33. The fourth-order valence-electron chi connectivity index (χ4n) is 2.61. The number of nitrogens with one attached hydrogen (secondary N) is 2. The molecular weight excluding hydrogens is 300 g/mol. The summed E-state index contributed by atoms with van der Waals surface area (Å²) in [5.41, 5.74) is 0. The molecule has 0 spiro atoms. The van der Waals surface area contributed by atoms with Crippen LogP contribution in [0.2, 0.25) is 0 Å². The number of para-hydroxylation sites is 1. The average molecular weight is 327 g/mol. The number of hydrogen-bond donors (Lipinski definition) is 2. The van der Waals surface area contributed by atoms with Gasteiger partial charge in [-0.1, -0.05) is 18.2 Å². The number of amides is 1. The van der Waals surface area contributed by atoms with Crippen LogP contribution in [-0.4, -0.2) is 32.1 Å². The van der Waals surface area contributed by atoms with Crippen molar-refractivity contribution in [1.29, 1.82) is 0 Å². The van der Waals surface area contributed by atoms with Crippen LogP contribution >= 0.6 is 12.4 Å². The lowest BCUT2D eigenvalue weighted by molar-refractivity contribution is -0.121. The Balaban J connectivity index is 0.00000242. The van der Waals surface area contributed by atoms with Crippen LogP contribution in [-0.2, 0) is 4.79 Å². The Bertz CT molecular complexity index is 408. The van der Waals surface area contributed by atoms with Crippen molar-refractivity contribution in [2.24, 2.45) is 5.92 Å². The molecule has 0 saturated carbocycles. The third-order valence-corrected chi connectivity index (χ3v) is 3.83. The fourth-order valence-corrected chi connectivity index (χ4v) is 2.61. The van der Waals surface area contributed by atoms with Crippen LogP contribution in [0.4, 0.5) is 0 Å². The smallest absolute Gasteiger partial charge is 0.220 e. The molecule has 2 rings (SSSR count). The third-order valence-electron chi connectivity index (χ3n) is 3.83. The summed E-state index contributed by atoms with van der Waals surface area (Å²) in [5, 5.41) is 6.41. The highest BCUT2D eigenvalue weighted by molar-refractivity contribution is 5.85. The largest absolute Gasteiger partial charge is 0.494 e. The molecule has 1 aromatic rings. The average Bonchev–Trinajstić information content (AvgIpc) is 2.54.